The molecule has 2 aliphatic rings. The summed E-state index contributed by atoms with van der Waals surface area (Å²) < 4.78 is 5.68. The highest BCUT2D eigenvalue weighted by molar-refractivity contribution is 5.89. The van der Waals surface area contributed by atoms with E-state index in [2.05, 4.69) is 16.0 Å². The van der Waals surface area contributed by atoms with Crippen LogP contribution in [0.4, 0.5) is 9.59 Å². The molecule has 0 spiro atoms. The first-order valence-electron chi connectivity index (χ1n) is 12.4. The summed E-state index contributed by atoms with van der Waals surface area (Å²) in [4.78, 5) is 55.0. The first-order valence-corrected chi connectivity index (χ1v) is 12.4. The normalized spacial score (nSPS) is 23.9. The molecule has 0 aromatic heterocycles. The van der Waals surface area contributed by atoms with Gasteiger partial charge in [0, 0.05) is 25.0 Å². The van der Waals surface area contributed by atoms with Crippen LogP contribution in [-0.4, -0.2) is 83.6 Å². The lowest BCUT2D eigenvalue weighted by atomic mass is 9.85. The first kappa shape index (κ1) is 27.7. The summed E-state index contributed by atoms with van der Waals surface area (Å²) in [5.41, 5.74) is -0.526. The molecular formula is C24H43N5O5. The number of hydrogen-bond acceptors (Lipinski definition) is 5. The number of fused-ring (bicyclic) bond motifs is 1. The summed E-state index contributed by atoms with van der Waals surface area (Å²) in [5, 5.41) is 8.48. The number of likely N-dealkylation sites (tertiary alicyclic amines) is 2. The fraction of sp³-hybridized carbons (Fsp3) is 0.833. The summed E-state index contributed by atoms with van der Waals surface area (Å²) in [6.45, 7) is 16.1. The predicted molar refractivity (Wildman–Crippen MR) is 129 cm³/mol. The van der Waals surface area contributed by atoms with Gasteiger partial charge in [-0.3, -0.25) is 9.59 Å². The van der Waals surface area contributed by atoms with Gasteiger partial charge in [0.1, 0.15) is 12.1 Å². The van der Waals surface area contributed by atoms with Gasteiger partial charge in [0.15, 0.2) is 0 Å². The molecule has 10 nitrogen and oxygen atoms in total. The number of rotatable bonds is 7. The molecule has 0 aromatic rings. The minimum atomic E-state index is -0.739. The molecule has 194 valence electrons. The highest BCUT2D eigenvalue weighted by Gasteiger charge is 2.55. The highest BCUT2D eigenvalue weighted by atomic mass is 16.6. The van der Waals surface area contributed by atoms with Crippen LogP contribution in [-0.2, 0) is 14.3 Å². The van der Waals surface area contributed by atoms with Gasteiger partial charge in [0.05, 0.1) is 18.6 Å². The first-order chi connectivity index (χ1) is 15.8. The Morgan fingerprint density at radius 1 is 1.03 bits per heavy atom. The molecule has 5 atom stereocenters. The number of amides is 5. The number of carbonyl (C=O) groups is 4. The number of ether oxygens (including phenoxy) is 1. The summed E-state index contributed by atoms with van der Waals surface area (Å²) in [6.07, 6.45) is 0.0158. The Morgan fingerprint density at radius 2 is 1.68 bits per heavy atom. The lowest BCUT2D eigenvalue weighted by molar-refractivity contribution is -0.142. The molecule has 2 rings (SSSR count). The van der Waals surface area contributed by atoms with Crippen molar-refractivity contribution < 1.29 is 23.9 Å². The third kappa shape index (κ3) is 6.33. The lowest BCUT2D eigenvalue weighted by Crippen LogP contribution is -2.58. The quantitative estimate of drug-likeness (QED) is 0.514. The van der Waals surface area contributed by atoms with Crippen LogP contribution in [0.3, 0.4) is 0 Å². The fourth-order valence-corrected chi connectivity index (χ4v) is 4.56. The van der Waals surface area contributed by atoms with E-state index < -0.39 is 29.7 Å². The highest BCUT2D eigenvalue weighted by Crippen LogP contribution is 2.35. The number of urea groups is 1. The molecule has 0 radical (unpaired) electrons. The van der Waals surface area contributed by atoms with E-state index in [9.17, 15) is 19.2 Å². The van der Waals surface area contributed by atoms with Gasteiger partial charge in [-0.1, -0.05) is 34.6 Å². The molecule has 3 N–H and O–H groups in total. The molecule has 2 saturated heterocycles. The van der Waals surface area contributed by atoms with Gasteiger partial charge in [-0.15, -0.1) is 0 Å². The molecule has 5 amide bonds. The van der Waals surface area contributed by atoms with E-state index in [4.69, 9.17) is 4.74 Å². The van der Waals surface area contributed by atoms with Gasteiger partial charge in [-0.2, -0.15) is 0 Å². The third-order valence-electron chi connectivity index (χ3n) is 6.57. The molecule has 2 heterocycles. The topological polar surface area (TPSA) is 120 Å². The number of carbonyl (C=O) groups excluding carboxylic acids is 4. The van der Waals surface area contributed by atoms with Crippen molar-refractivity contribution >= 4 is 23.9 Å². The second-order valence-electron chi connectivity index (χ2n) is 10.7. The zero-order chi connectivity index (χ0) is 25.8. The maximum absolute atomic E-state index is 13.8. The summed E-state index contributed by atoms with van der Waals surface area (Å²) in [6, 6.07) is -1.77. The van der Waals surface area contributed by atoms with Crippen LogP contribution in [0.1, 0.15) is 68.2 Å². The minimum Gasteiger partial charge on any atom is -0.442 e. The maximum atomic E-state index is 13.8. The van der Waals surface area contributed by atoms with Crippen molar-refractivity contribution in [1.29, 1.82) is 0 Å². The van der Waals surface area contributed by atoms with Crippen molar-refractivity contribution in [3.63, 3.8) is 0 Å². The van der Waals surface area contributed by atoms with Crippen LogP contribution in [0.2, 0.25) is 0 Å². The van der Waals surface area contributed by atoms with Crippen LogP contribution in [0.15, 0.2) is 0 Å². The van der Waals surface area contributed by atoms with Crippen LogP contribution in [0, 0.1) is 11.3 Å². The van der Waals surface area contributed by atoms with Crippen molar-refractivity contribution in [2.75, 3.05) is 19.6 Å². The second-order valence-corrected chi connectivity index (χ2v) is 10.7. The van der Waals surface area contributed by atoms with Crippen molar-refractivity contribution in [2.24, 2.45) is 11.3 Å². The van der Waals surface area contributed by atoms with E-state index in [1.165, 1.54) is 0 Å². The number of nitrogens with zero attached hydrogens (tertiary/aromatic N) is 2. The van der Waals surface area contributed by atoms with Gasteiger partial charge in [0.2, 0.25) is 11.8 Å². The van der Waals surface area contributed by atoms with Crippen LogP contribution in [0.25, 0.3) is 0 Å². The van der Waals surface area contributed by atoms with Crippen molar-refractivity contribution in [2.45, 2.75) is 98.5 Å². The molecule has 0 saturated carbocycles. The molecule has 0 aromatic carbocycles. The monoisotopic (exact) mass is 481 g/mol. The van der Waals surface area contributed by atoms with E-state index in [-0.39, 0.29) is 42.4 Å². The SMILES string of the molecule is CCNC(=O)O[C@H]1CN(C(=O)NC(C)C)[C@@H]2CCN(C(=O)[C@@H](NC(=O)[C@H](C)CC)C(C)(C)C)[C@H]12. The van der Waals surface area contributed by atoms with Crippen molar-refractivity contribution in [3.8, 4) is 0 Å². The third-order valence-corrected chi connectivity index (χ3v) is 6.57. The van der Waals surface area contributed by atoms with Crippen molar-refractivity contribution in [3.05, 3.63) is 0 Å². The zero-order valence-corrected chi connectivity index (χ0v) is 21.9. The summed E-state index contributed by atoms with van der Waals surface area (Å²) >= 11 is 0. The van der Waals surface area contributed by atoms with E-state index in [1.807, 2.05) is 48.5 Å². The second kappa shape index (κ2) is 11.3. The Labute approximate surface area is 203 Å². The van der Waals surface area contributed by atoms with Gasteiger partial charge in [0.25, 0.3) is 0 Å². The van der Waals surface area contributed by atoms with E-state index in [1.54, 1.807) is 16.7 Å². The average molecular weight is 482 g/mol. The van der Waals surface area contributed by atoms with Gasteiger partial charge in [-0.25, -0.2) is 9.59 Å². The fourth-order valence-electron chi connectivity index (χ4n) is 4.56. The van der Waals surface area contributed by atoms with Crippen LogP contribution in [0.5, 0.6) is 0 Å². The molecule has 34 heavy (non-hydrogen) atoms. The molecule has 0 bridgehead atoms. The molecular weight excluding hydrogens is 438 g/mol. The van der Waals surface area contributed by atoms with E-state index in [0.29, 0.717) is 25.9 Å². The average Bonchev–Trinajstić information content (AvgIpc) is 3.31. The van der Waals surface area contributed by atoms with E-state index in [0.717, 1.165) is 0 Å². The number of hydrogen-bond donors (Lipinski definition) is 3. The Balaban J connectivity index is 2.33. The molecule has 0 unspecified atom stereocenters. The van der Waals surface area contributed by atoms with Crippen LogP contribution >= 0.6 is 0 Å². The molecule has 2 aliphatic heterocycles. The zero-order valence-electron chi connectivity index (χ0n) is 21.9. The smallest absolute Gasteiger partial charge is 0.407 e. The van der Waals surface area contributed by atoms with Crippen molar-refractivity contribution in [1.82, 2.24) is 25.8 Å². The predicted octanol–water partition coefficient (Wildman–Crippen LogP) is 2.08. The Morgan fingerprint density at radius 3 is 2.21 bits per heavy atom. The number of alkyl carbamates (subject to hydrolysis) is 1. The minimum absolute atomic E-state index is 0.0468. The molecule has 2 fully saturated rings. The summed E-state index contributed by atoms with van der Waals surface area (Å²) in [7, 11) is 0. The number of nitrogens with one attached hydrogen (secondary N) is 3. The summed E-state index contributed by atoms with van der Waals surface area (Å²) in [5.74, 6) is -0.585. The van der Waals surface area contributed by atoms with Crippen LogP contribution < -0.4 is 16.0 Å². The van der Waals surface area contributed by atoms with E-state index >= 15 is 0 Å². The molecule has 10 heteroatoms. The Hall–Kier alpha value is -2.52. The van der Waals surface area contributed by atoms with Gasteiger partial charge in [-0.05, 0) is 39.0 Å². The van der Waals surface area contributed by atoms with Gasteiger partial charge >= 0.3 is 12.1 Å². The standard InChI is InChI=1S/C24H43N5O5/c1-9-15(5)20(30)27-19(24(6,7)8)21(31)28-12-11-16-18(28)17(34-23(33)25-10-2)13-29(16)22(32)26-14(3)4/h14-19H,9-13H2,1-8H3,(H,25,33)(H,26,32)(H,27,30)/t15-,16-,17+,18+,19-/m1/s1. The largest absolute Gasteiger partial charge is 0.442 e. The van der Waals surface area contributed by atoms with Gasteiger partial charge < -0.3 is 30.5 Å². The Kier molecular flexibility index (Phi) is 9.19. The maximum Gasteiger partial charge on any atom is 0.407 e. The molecule has 0 aliphatic carbocycles. The Bertz CT molecular complexity index is 765. The lowest BCUT2D eigenvalue weighted by Gasteiger charge is -2.37.